The van der Waals surface area contributed by atoms with Gasteiger partial charge in [0.2, 0.25) is 0 Å². The van der Waals surface area contributed by atoms with Gasteiger partial charge in [-0.1, -0.05) is 0 Å². The van der Waals surface area contributed by atoms with Gasteiger partial charge in [-0.15, -0.1) is 0 Å². The molecule has 1 aliphatic heterocycles. The Labute approximate surface area is 131 Å². The molecule has 0 aromatic heterocycles. The lowest BCUT2D eigenvalue weighted by Gasteiger charge is -2.14. The van der Waals surface area contributed by atoms with E-state index in [1.807, 2.05) is 13.8 Å². The van der Waals surface area contributed by atoms with Crippen molar-refractivity contribution in [3.8, 4) is 0 Å². The number of carbonyl (C=O) groups is 2. The third-order valence-corrected chi connectivity index (χ3v) is 3.75. The summed E-state index contributed by atoms with van der Waals surface area (Å²) in [7, 11) is 0. The Morgan fingerprint density at radius 3 is 2.77 bits per heavy atom. The van der Waals surface area contributed by atoms with Gasteiger partial charge < -0.3 is 21.3 Å². The number of amides is 3. The second-order valence-corrected chi connectivity index (χ2v) is 5.52. The number of benzene rings is 1. The van der Waals surface area contributed by atoms with Crippen molar-refractivity contribution in [2.75, 3.05) is 25.0 Å². The largest absolute Gasteiger partial charge is 0.352 e. The van der Waals surface area contributed by atoms with Crippen molar-refractivity contribution in [1.29, 1.82) is 0 Å². The van der Waals surface area contributed by atoms with E-state index in [1.165, 1.54) is 0 Å². The van der Waals surface area contributed by atoms with Crippen molar-refractivity contribution >= 4 is 17.6 Å². The molecule has 1 unspecified atom stereocenters. The molecule has 3 amide bonds. The van der Waals surface area contributed by atoms with Crippen LogP contribution in [-0.2, 0) is 0 Å². The van der Waals surface area contributed by atoms with E-state index >= 15 is 0 Å². The molecule has 2 rings (SSSR count). The lowest BCUT2D eigenvalue weighted by Crippen LogP contribution is -2.39. The minimum atomic E-state index is -0.220. The summed E-state index contributed by atoms with van der Waals surface area (Å²) in [5.74, 6) is -0.103. The summed E-state index contributed by atoms with van der Waals surface area (Å²) in [5.41, 5.74) is 2.17. The zero-order chi connectivity index (χ0) is 15.9. The van der Waals surface area contributed by atoms with Crippen LogP contribution in [-0.4, -0.2) is 37.6 Å². The van der Waals surface area contributed by atoms with Crippen LogP contribution >= 0.6 is 0 Å². The molecule has 0 spiro atoms. The second kappa shape index (κ2) is 7.79. The van der Waals surface area contributed by atoms with Gasteiger partial charge in [0.25, 0.3) is 5.91 Å². The Kier molecular flexibility index (Phi) is 5.77. The van der Waals surface area contributed by atoms with E-state index in [9.17, 15) is 9.59 Å². The van der Waals surface area contributed by atoms with Crippen molar-refractivity contribution in [2.45, 2.75) is 32.7 Å². The average molecular weight is 304 g/mol. The minimum absolute atomic E-state index is 0.103. The first-order valence-electron chi connectivity index (χ1n) is 7.77. The minimum Gasteiger partial charge on any atom is -0.352 e. The number of hydrogen-bond acceptors (Lipinski definition) is 3. The van der Waals surface area contributed by atoms with Crippen LogP contribution in [0.4, 0.5) is 10.5 Å². The number of anilines is 1. The highest BCUT2D eigenvalue weighted by Crippen LogP contribution is 2.16. The summed E-state index contributed by atoms with van der Waals surface area (Å²) in [6.07, 6.45) is 2.26. The molecule has 1 aromatic carbocycles. The van der Waals surface area contributed by atoms with Gasteiger partial charge in [0.15, 0.2) is 0 Å². The van der Waals surface area contributed by atoms with Crippen LogP contribution < -0.4 is 21.3 Å². The summed E-state index contributed by atoms with van der Waals surface area (Å²) in [6.45, 7) is 5.99. The number of carbonyl (C=O) groups excluding carboxylic acids is 2. The van der Waals surface area contributed by atoms with E-state index in [1.54, 1.807) is 18.2 Å². The fourth-order valence-corrected chi connectivity index (χ4v) is 2.52. The Morgan fingerprint density at radius 1 is 1.32 bits per heavy atom. The Bertz CT molecular complexity index is 539. The first kappa shape index (κ1) is 16.3. The molecule has 6 heteroatoms. The zero-order valence-electron chi connectivity index (χ0n) is 13.2. The molecule has 1 aliphatic rings. The van der Waals surface area contributed by atoms with Crippen molar-refractivity contribution in [1.82, 2.24) is 16.0 Å². The molecule has 6 nitrogen and oxygen atoms in total. The molecular formula is C16H24N4O2. The van der Waals surface area contributed by atoms with E-state index in [-0.39, 0.29) is 11.9 Å². The predicted molar refractivity (Wildman–Crippen MR) is 87.2 cm³/mol. The molecule has 1 aromatic rings. The topological polar surface area (TPSA) is 82.3 Å². The standard InChI is InChI=1S/C16H24N4O2/c1-3-17-15(21)12-6-7-14(11(2)9-12)20-16(22)19-10-13-5-4-8-18-13/h6-7,9,13,18H,3-5,8,10H2,1-2H3,(H,17,21)(H2,19,20,22). The first-order valence-corrected chi connectivity index (χ1v) is 7.77. The fraction of sp³-hybridized carbons (Fsp3) is 0.500. The zero-order valence-corrected chi connectivity index (χ0v) is 13.2. The van der Waals surface area contributed by atoms with Gasteiger partial charge in [-0.25, -0.2) is 4.79 Å². The smallest absolute Gasteiger partial charge is 0.319 e. The van der Waals surface area contributed by atoms with Crippen LogP contribution in [0.5, 0.6) is 0 Å². The SMILES string of the molecule is CCNC(=O)c1ccc(NC(=O)NCC2CCCN2)c(C)c1. The van der Waals surface area contributed by atoms with Crippen molar-refractivity contribution in [2.24, 2.45) is 0 Å². The third kappa shape index (κ3) is 4.46. The van der Waals surface area contributed by atoms with Crippen molar-refractivity contribution < 1.29 is 9.59 Å². The van der Waals surface area contributed by atoms with E-state index in [0.29, 0.717) is 30.4 Å². The van der Waals surface area contributed by atoms with E-state index in [2.05, 4.69) is 21.3 Å². The molecule has 0 saturated carbocycles. The summed E-state index contributed by atoms with van der Waals surface area (Å²) < 4.78 is 0. The highest BCUT2D eigenvalue weighted by atomic mass is 16.2. The lowest BCUT2D eigenvalue weighted by molar-refractivity contribution is 0.0955. The quantitative estimate of drug-likeness (QED) is 0.667. The second-order valence-electron chi connectivity index (χ2n) is 5.52. The Balaban J connectivity index is 1.88. The van der Waals surface area contributed by atoms with Gasteiger partial charge in [0, 0.05) is 30.4 Å². The first-order chi connectivity index (χ1) is 10.6. The average Bonchev–Trinajstić information content (AvgIpc) is 3.01. The molecule has 1 saturated heterocycles. The maximum Gasteiger partial charge on any atom is 0.319 e. The highest BCUT2D eigenvalue weighted by Gasteiger charge is 2.15. The molecule has 0 aliphatic carbocycles. The van der Waals surface area contributed by atoms with Crippen molar-refractivity contribution in [3.63, 3.8) is 0 Å². The Morgan fingerprint density at radius 2 is 2.14 bits per heavy atom. The van der Waals surface area contributed by atoms with Crippen LogP contribution in [0.25, 0.3) is 0 Å². The van der Waals surface area contributed by atoms with E-state index in [0.717, 1.165) is 24.9 Å². The fourth-order valence-electron chi connectivity index (χ4n) is 2.52. The normalized spacial score (nSPS) is 17.1. The van der Waals surface area contributed by atoms with Crippen LogP contribution in [0.2, 0.25) is 0 Å². The lowest BCUT2D eigenvalue weighted by atomic mass is 10.1. The van der Waals surface area contributed by atoms with Gasteiger partial charge in [0.1, 0.15) is 0 Å². The summed E-state index contributed by atoms with van der Waals surface area (Å²) in [5, 5.41) is 11.8. The number of rotatable bonds is 5. The molecule has 1 heterocycles. The van der Waals surface area contributed by atoms with Gasteiger partial charge in [-0.3, -0.25) is 4.79 Å². The third-order valence-electron chi connectivity index (χ3n) is 3.75. The van der Waals surface area contributed by atoms with Gasteiger partial charge in [-0.05, 0) is 57.0 Å². The van der Waals surface area contributed by atoms with Crippen LogP contribution in [0.15, 0.2) is 18.2 Å². The number of nitrogens with one attached hydrogen (secondary N) is 4. The summed E-state index contributed by atoms with van der Waals surface area (Å²) in [4.78, 5) is 23.7. The monoisotopic (exact) mass is 304 g/mol. The number of aryl methyl sites for hydroxylation is 1. The Hall–Kier alpha value is -2.08. The van der Waals surface area contributed by atoms with Gasteiger partial charge in [0.05, 0.1) is 0 Å². The van der Waals surface area contributed by atoms with Crippen LogP contribution in [0.1, 0.15) is 35.7 Å². The highest BCUT2D eigenvalue weighted by molar-refractivity contribution is 5.96. The number of urea groups is 1. The maximum atomic E-state index is 11.9. The van der Waals surface area contributed by atoms with Crippen LogP contribution in [0.3, 0.4) is 0 Å². The van der Waals surface area contributed by atoms with E-state index in [4.69, 9.17) is 0 Å². The summed E-state index contributed by atoms with van der Waals surface area (Å²) >= 11 is 0. The molecular weight excluding hydrogens is 280 g/mol. The predicted octanol–water partition coefficient (Wildman–Crippen LogP) is 1.62. The van der Waals surface area contributed by atoms with E-state index < -0.39 is 0 Å². The van der Waals surface area contributed by atoms with Crippen molar-refractivity contribution in [3.05, 3.63) is 29.3 Å². The number of hydrogen-bond donors (Lipinski definition) is 4. The molecule has 4 N–H and O–H groups in total. The molecule has 0 bridgehead atoms. The summed E-state index contributed by atoms with van der Waals surface area (Å²) in [6, 6.07) is 5.40. The molecule has 22 heavy (non-hydrogen) atoms. The molecule has 0 radical (unpaired) electrons. The molecule has 1 fully saturated rings. The van der Waals surface area contributed by atoms with Crippen LogP contribution in [0, 0.1) is 6.92 Å². The van der Waals surface area contributed by atoms with Gasteiger partial charge >= 0.3 is 6.03 Å². The van der Waals surface area contributed by atoms with Gasteiger partial charge in [-0.2, -0.15) is 0 Å². The molecule has 1 atom stereocenters. The maximum absolute atomic E-state index is 11.9. The molecule has 120 valence electrons.